The number of anilines is 1. The fraction of sp³-hybridized carbons (Fsp3) is 0.222. The molecule has 0 aliphatic rings. The van der Waals surface area contributed by atoms with E-state index >= 15 is 0 Å². The molecule has 0 saturated carbocycles. The van der Waals surface area contributed by atoms with Crippen molar-refractivity contribution >= 4 is 52.6 Å². The normalized spacial score (nSPS) is 11.6. The van der Waals surface area contributed by atoms with Crippen LogP contribution in [0.15, 0.2) is 106 Å². The lowest BCUT2D eigenvalue weighted by Gasteiger charge is -2.14. The van der Waals surface area contributed by atoms with Crippen LogP contribution in [0.25, 0.3) is 22.7 Å². The van der Waals surface area contributed by atoms with Gasteiger partial charge in [0.25, 0.3) is 0 Å². The number of benzene rings is 3. The number of aromatic hydroxyl groups is 1. The number of amides is 2. The Balaban J connectivity index is 1.20. The number of phenols is 1. The van der Waals surface area contributed by atoms with Crippen LogP contribution in [0.1, 0.15) is 45.4 Å². The molecule has 246 valence electrons. The molecule has 0 radical (unpaired) electrons. The van der Waals surface area contributed by atoms with E-state index in [-0.39, 0.29) is 22.2 Å². The van der Waals surface area contributed by atoms with Gasteiger partial charge >= 0.3 is 6.03 Å². The van der Waals surface area contributed by atoms with E-state index < -0.39 is 0 Å². The van der Waals surface area contributed by atoms with Gasteiger partial charge in [0.1, 0.15) is 11.6 Å². The molecule has 2 amide bonds. The average Bonchev–Trinajstić information content (AvgIpc) is 3.69. The molecule has 6 aromatic rings. The zero-order chi connectivity index (χ0) is 33.8. The lowest BCUT2D eigenvalue weighted by Crippen LogP contribution is -2.29. The van der Waals surface area contributed by atoms with Crippen molar-refractivity contribution in [1.29, 1.82) is 0 Å². The van der Waals surface area contributed by atoms with Gasteiger partial charge in [-0.25, -0.2) is 9.48 Å². The quantitative estimate of drug-likeness (QED) is 0.122. The lowest BCUT2D eigenvalue weighted by molar-refractivity contribution is 0.251. The van der Waals surface area contributed by atoms with Gasteiger partial charge in [-0.05, 0) is 60.2 Å². The van der Waals surface area contributed by atoms with E-state index in [0.717, 1.165) is 50.3 Å². The van der Waals surface area contributed by atoms with Gasteiger partial charge in [-0.15, -0.1) is 22.0 Å². The molecule has 0 aliphatic carbocycles. The second-order valence-electron chi connectivity index (χ2n) is 12.2. The Kier molecular flexibility index (Phi) is 10.00. The zero-order valence-electron chi connectivity index (χ0n) is 27.1. The molecule has 3 aromatic heterocycles. The summed E-state index contributed by atoms with van der Waals surface area (Å²) in [5, 5.41) is 29.8. The number of hydrogen-bond acceptors (Lipinski definition) is 7. The van der Waals surface area contributed by atoms with Gasteiger partial charge < -0.3 is 10.4 Å². The highest BCUT2D eigenvalue weighted by Gasteiger charge is 2.22. The molecule has 0 saturated heterocycles. The highest BCUT2D eigenvalue weighted by Crippen LogP contribution is 2.35. The SMILES string of the molecule is CCCSc1ccccc1-c1nnc2ccc(Sc3ccccc3CNC(=O)Nc3cc(C(C)(C)C)nn3-c3ccc(O)c(Cl)c3)cn12. The van der Waals surface area contributed by atoms with Gasteiger partial charge in [0, 0.05) is 44.5 Å². The number of nitrogens with zero attached hydrogens (tertiary/aromatic N) is 5. The van der Waals surface area contributed by atoms with Crippen molar-refractivity contribution < 1.29 is 9.90 Å². The van der Waals surface area contributed by atoms with Crippen molar-refractivity contribution in [2.75, 3.05) is 11.1 Å². The predicted molar refractivity (Wildman–Crippen MR) is 195 cm³/mol. The third-order valence-corrected chi connectivity index (χ3v) is 10.2. The van der Waals surface area contributed by atoms with E-state index in [1.54, 1.807) is 28.6 Å². The molecule has 9 nitrogen and oxygen atoms in total. The highest BCUT2D eigenvalue weighted by molar-refractivity contribution is 7.99. The van der Waals surface area contributed by atoms with E-state index in [1.165, 1.54) is 11.0 Å². The Hall–Kier alpha value is -4.45. The number of hydrogen-bond donors (Lipinski definition) is 3. The number of halogens is 1. The minimum Gasteiger partial charge on any atom is -0.506 e. The van der Waals surface area contributed by atoms with Gasteiger partial charge in [0.15, 0.2) is 11.5 Å². The number of urea groups is 1. The number of pyridine rings is 1. The van der Waals surface area contributed by atoms with Crippen LogP contribution in [0.3, 0.4) is 0 Å². The first-order valence-corrected chi connectivity index (χ1v) is 17.8. The molecular weight excluding hydrogens is 662 g/mol. The maximum atomic E-state index is 13.2. The summed E-state index contributed by atoms with van der Waals surface area (Å²) in [4.78, 5) is 16.5. The van der Waals surface area contributed by atoms with Crippen molar-refractivity contribution in [3.8, 4) is 22.8 Å². The Bertz CT molecular complexity index is 2090. The molecule has 0 atom stereocenters. The first-order chi connectivity index (χ1) is 23.1. The van der Waals surface area contributed by atoms with Crippen molar-refractivity contribution in [3.05, 3.63) is 107 Å². The molecule has 0 fully saturated rings. The summed E-state index contributed by atoms with van der Waals surface area (Å²) in [7, 11) is 0. The van der Waals surface area contributed by atoms with E-state index in [0.29, 0.717) is 18.1 Å². The van der Waals surface area contributed by atoms with Crippen molar-refractivity contribution in [3.63, 3.8) is 0 Å². The molecule has 0 spiro atoms. The Morgan fingerprint density at radius 3 is 2.50 bits per heavy atom. The molecular formula is C36H36ClN7O2S2. The maximum absolute atomic E-state index is 13.2. The second-order valence-corrected chi connectivity index (χ2v) is 14.9. The number of thioether (sulfide) groups is 1. The molecule has 12 heteroatoms. The minimum absolute atomic E-state index is 0.0266. The summed E-state index contributed by atoms with van der Waals surface area (Å²) in [6, 6.07) is 26.6. The number of rotatable bonds is 10. The van der Waals surface area contributed by atoms with Crippen molar-refractivity contribution in [1.82, 2.24) is 29.7 Å². The summed E-state index contributed by atoms with van der Waals surface area (Å²) in [5.41, 5.74) is 3.95. The zero-order valence-corrected chi connectivity index (χ0v) is 29.5. The van der Waals surface area contributed by atoms with E-state index in [4.69, 9.17) is 16.7 Å². The summed E-state index contributed by atoms with van der Waals surface area (Å²) in [6.45, 7) is 8.64. The number of carbonyl (C=O) groups is 1. The van der Waals surface area contributed by atoms with Crippen LogP contribution in [0, 0.1) is 0 Å². The van der Waals surface area contributed by atoms with Gasteiger partial charge in [-0.2, -0.15) is 5.10 Å². The monoisotopic (exact) mass is 697 g/mol. The van der Waals surface area contributed by atoms with Crippen LogP contribution in [0.2, 0.25) is 5.02 Å². The predicted octanol–water partition coefficient (Wildman–Crippen LogP) is 9.21. The summed E-state index contributed by atoms with van der Waals surface area (Å²) >= 11 is 9.64. The molecule has 3 aromatic carbocycles. The number of carbonyl (C=O) groups excluding carboxylic acids is 1. The van der Waals surface area contributed by atoms with Crippen molar-refractivity contribution in [2.45, 2.75) is 60.8 Å². The Morgan fingerprint density at radius 1 is 0.958 bits per heavy atom. The summed E-state index contributed by atoms with van der Waals surface area (Å²) < 4.78 is 3.66. The van der Waals surface area contributed by atoms with Crippen LogP contribution in [-0.4, -0.2) is 41.3 Å². The average molecular weight is 698 g/mol. The van der Waals surface area contributed by atoms with Gasteiger partial charge in [-0.3, -0.25) is 9.72 Å². The molecule has 6 rings (SSSR count). The van der Waals surface area contributed by atoms with Crippen LogP contribution in [0.5, 0.6) is 5.75 Å². The number of fused-ring (bicyclic) bond motifs is 1. The van der Waals surface area contributed by atoms with Crippen LogP contribution in [0.4, 0.5) is 10.6 Å². The standard InChI is InChI=1S/C36H36ClN7O2S2/c1-5-18-47-30-13-9-7-11-26(30)34-41-40-32-17-15-25(22-43(32)34)48-29-12-8-6-10-23(29)21-38-35(46)39-33-20-31(36(2,3)4)42-44(33)24-14-16-28(45)27(37)19-24/h6-17,19-20,22,45H,5,18,21H2,1-4H3,(H2,38,39,46). The van der Waals surface area contributed by atoms with Gasteiger partial charge in [-0.1, -0.05) is 87.5 Å². The van der Waals surface area contributed by atoms with E-state index in [9.17, 15) is 9.90 Å². The first kappa shape index (κ1) is 33.5. The van der Waals surface area contributed by atoms with E-state index in [1.807, 2.05) is 64.7 Å². The van der Waals surface area contributed by atoms with Gasteiger partial charge in [0.05, 0.1) is 16.4 Å². The third-order valence-electron chi connectivity index (χ3n) is 7.50. The topological polar surface area (TPSA) is 109 Å². The fourth-order valence-corrected chi connectivity index (χ4v) is 7.03. The first-order valence-electron chi connectivity index (χ1n) is 15.6. The van der Waals surface area contributed by atoms with Gasteiger partial charge in [0.2, 0.25) is 0 Å². The second kappa shape index (κ2) is 14.3. The third kappa shape index (κ3) is 7.48. The number of phenolic OH excluding ortho intramolecular Hbond substituents is 1. The largest absolute Gasteiger partial charge is 0.506 e. The molecule has 0 bridgehead atoms. The van der Waals surface area contributed by atoms with Crippen LogP contribution in [-0.2, 0) is 12.0 Å². The van der Waals surface area contributed by atoms with E-state index in [2.05, 4.69) is 72.9 Å². The number of aromatic nitrogens is 5. The summed E-state index contributed by atoms with van der Waals surface area (Å²) in [6.07, 6.45) is 3.16. The molecule has 0 aliphatic heterocycles. The van der Waals surface area contributed by atoms with Crippen molar-refractivity contribution in [2.24, 2.45) is 0 Å². The molecule has 0 unspecified atom stereocenters. The van der Waals surface area contributed by atoms with Crippen LogP contribution >= 0.6 is 35.1 Å². The smallest absolute Gasteiger partial charge is 0.320 e. The molecule has 3 N–H and O–H groups in total. The Labute approximate surface area is 293 Å². The lowest BCUT2D eigenvalue weighted by atomic mass is 9.92. The summed E-state index contributed by atoms with van der Waals surface area (Å²) in [5.74, 6) is 2.30. The minimum atomic E-state index is -0.378. The molecule has 48 heavy (non-hydrogen) atoms. The highest BCUT2D eigenvalue weighted by atomic mass is 35.5. The fourth-order valence-electron chi connectivity index (χ4n) is 4.98. The Morgan fingerprint density at radius 2 is 1.73 bits per heavy atom. The van der Waals surface area contributed by atoms with Crippen LogP contribution < -0.4 is 10.6 Å². The molecule has 3 heterocycles. The maximum Gasteiger partial charge on any atom is 0.320 e. The number of nitrogens with one attached hydrogen (secondary N) is 2.